The summed E-state index contributed by atoms with van der Waals surface area (Å²) >= 11 is 1.49. The van der Waals surface area contributed by atoms with E-state index in [9.17, 15) is 13.2 Å². The predicted molar refractivity (Wildman–Crippen MR) is 112 cm³/mol. The predicted octanol–water partition coefficient (Wildman–Crippen LogP) is 1.63. The Bertz CT molecular complexity index is 931. The lowest BCUT2D eigenvalue weighted by Crippen LogP contribution is -2.48. The molecule has 0 aliphatic carbocycles. The molecule has 4 rings (SSSR count). The fourth-order valence-electron chi connectivity index (χ4n) is 4.14. The SMILES string of the molecule is CC1NNC(C)C1S(=O)(=O)N1CCCN(C(=O)c2cc3ccccc3s2)CC1. The number of hydrazine groups is 1. The van der Waals surface area contributed by atoms with Crippen LogP contribution in [0.2, 0.25) is 0 Å². The molecule has 1 amide bonds. The number of carbonyl (C=O) groups is 1. The van der Waals surface area contributed by atoms with Crippen molar-refractivity contribution in [1.29, 1.82) is 0 Å². The zero-order valence-corrected chi connectivity index (χ0v) is 17.7. The van der Waals surface area contributed by atoms with Gasteiger partial charge in [0.05, 0.1) is 4.88 Å². The number of fused-ring (bicyclic) bond motifs is 1. The van der Waals surface area contributed by atoms with Crippen LogP contribution < -0.4 is 10.9 Å². The van der Waals surface area contributed by atoms with E-state index in [-0.39, 0.29) is 18.0 Å². The second kappa shape index (κ2) is 7.72. The van der Waals surface area contributed by atoms with Gasteiger partial charge in [-0.25, -0.2) is 8.42 Å². The maximum Gasteiger partial charge on any atom is 0.264 e. The van der Waals surface area contributed by atoms with Crippen LogP contribution in [0.3, 0.4) is 0 Å². The highest BCUT2D eigenvalue weighted by Gasteiger charge is 2.43. The van der Waals surface area contributed by atoms with E-state index in [2.05, 4.69) is 10.9 Å². The van der Waals surface area contributed by atoms with Gasteiger partial charge in [-0.15, -0.1) is 11.3 Å². The number of rotatable bonds is 3. The minimum Gasteiger partial charge on any atom is -0.337 e. The van der Waals surface area contributed by atoms with Gasteiger partial charge in [0.2, 0.25) is 10.0 Å². The smallest absolute Gasteiger partial charge is 0.264 e. The molecule has 2 aliphatic rings. The Labute approximate surface area is 169 Å². The first-order valence-corrected chi connectivity index (χ1v) is 12.0. The topological polar surface area (TPSA) is 81.8 Å². The molecule has 3 heterocycles. The van der Waals surface area contributed by atoms with Crippen molar-refractivity contribution in [2.24, 2.45) is 0 Å². The lowest BCUT2D eigenvalue weighted by atomic mass is 10.2. The Morgan fingerprint density at radius 2 is 1.79 bits per heavy atom. The minimum atomic E-state index is -3.44. The fraction of sp³-hybridized carbons (Fsp3) is 0.526. The number of nitrogens with zero attached hydrogens (tertiary/aromatic N) is 2. The zero-order valence-electron chi connectivity index (χ0n) is 16.1. The molecule has 2 unspecified atom stereocenters. The van der Waals surface area contributed by atoms with Crippen LogP contribution in [-0.4, -0.2) is 67.0 Å². The first kappa shape index (κ1) is 19.8. The highest BCUT2D eigenvalue weighted by Crippen LogP contribution is 2.27. The van der Waals surface area contributed by atoms with Gasteiger partial charge in [0, 0.05) is 43.0 Å². The average molecular weight is 423 g/mol. The van der Waals surface area contributed by atoms with Gasteiger partial charge < -0.3 is 4.90 Å². The van der Waals surface area contributed by atoms with Crippen molar-refractivity contribution in [2.45, 2.75) is 37.6 Å². The lowest BCUT2D eigenvalue weighted by molar-refractivity contribution is 0.0769. The number of hydrogen-bond acceptors (Lipinski definition) is 6. The Morgan fingerprint density at radius 3 is 2.50 bits per heavy atom. The van der Waals surface area contributed by atoms with Crippen LogP contribution in [0.15, 0.2) is 30.3 Å². The molecule has 0 radical (unpaired) electrons. The van der Waals surface area contributed by atoms with Gasteiger partial charge in [-0.1, -0.05) is 18.2 Å². The summed E-state index contributed by atoms with van der Waals surface area (Å²) in [5, 5.41) is 0.566. The van der Waals surface area contributed by atoms with Gasteiger partial charge in [0.15, 0.2) is 0 Å². The highest BCUT2D eigenvalue weighted by molar-refractivity contribution is 7.89. The largest absolute Gasteiger partial charge is 0.337 e. The number of thiophene rings is 1. The van der Waals surface area contributed by atoms with E-state index in [1.165, 1.54) is 11.3 Å². The first-order valence-electron chi connectivity index (χ1n) is 9.66. The molecule has 2 aliphatic heterocycles. The van der Waals surface area contributed by atoms with Crippen LogP contribution in [0, 0.1) is 0 Å². The summed E-state index contributed by atoms with van der Waals surface area (Å²) in [5.74, 6) is -0.00798. The normalized spacial score (nSPS) is 27.2. The van der Waals surface area contributed by atoms with E-state index in [0.717, 1.165) is 10.1 Å². The minimum absolute atomic E-state index is 0.00798. The summed E-state index contributed by atoms with van der Waals surface area (Å²) < 4.78 is 29.0. The molecule has 152 valence electrons. The molecule has 2 saturated heterocycles. The van der Waals surface area contributed by atoms with Crippen LogP contribution in [0.4, 0.5) is 0 Å². The number of benzene rings is 1. The molecule has 9 heteroatoms. The van der Waals surface area contributed by atoms with Crippen LogP contribution in [0.25, 0.3) is 10.1 Å². The van der Waals surface area contributed by atoms with Crippen LogP contribution >= 0.6 is 11.3 Å². The molecule has 2 atom stereocenters. The molecule has 2 aromatic rings. The van der Waals surface area contributed by atoms with Crippen molar-refractivity contribution in [2.75, 3.05) is 26.2 Å². The number of nitrogens with one attached hydrogen (secondary N) is 2. The van der Waals surface area contributed by atoms with E-state index >= 15 is 0 Å². The standard InChI is InChI=1S/C19H26N4O3S2/c1-13-18(14(2)21-20-13)28(25,26)23-9-5-8-22(10-11-23)19(24)17-12-15-6-3-4-7-16(15)27-17/h3-4,6-7,12-14,18,20-21H,5,8-11H2,1-2H3. The molecular formula is C19H26N4O3S2. The Balaban J connectivity index is 1.48. The number of carbonyl (C=O) groups excluding carboxylic acids is 1. The maximum absolute atomic E-state index is 13.2. The molecule has 0 saturated carbocycles. The average Bonchev–Trinajstić information content (AvgIpc) is 3.14. The maximum atomic E-state index is 13.2. The molecule has 28 heavy (non-hydrogen) atoms. The third kappa shape index (κ3) is 3.57. The van der Waals surface area contributed by atoms with Crippen LogP contribution in [0.1, 0.15) is 29.9 Å². The molecule has 0 spiro atoms. The summed E-state index contributed by atoms with van der Waals surface area (Å²) in [7, 11) is -3.44. The number of hydrogen-bond donors (Lipinski definition) is 2. The van der Waals surface area contributed by atoms with Gasteiger partial charge >= 0.3 is 0 Å². The fourth-order valence-corrected chi connectivity index (χ4v) is 7.41. The number of amides is 1. The van der Waals surface area contributed by atoms with Gasteiger partial charge in [0.1, 0.15) is 5.25 Å². The summed E-state index contributed by atoms with van der Waals surface area (Å²) in [4.78, 5) is 15.5. The summed E-state index contributed by atoms with van der Waals surface area (Å²) in [6.07, 6.45) is 0.645. The molecule has 1 aromatic heterocycles. The lowest BCUT2D eigenvalue weighted by Gasteiger charge is -2.27. The summed E-state index contributed by atoms with van der Waals surface area (Å²) in [6, 6.07) is 9.58. The quantitative estimate of drug-likeness (QED) is 0.786. The second-order valence-corrected chi connectivity index (χ2v) is 10.7. The highest BCUT2D eigenvalue weighted by atomic mass is 32.2. The van der Waals surface area contributed by atoms with Crippen molar-refractivity contribution < 1.29 is 13.2 Å². The Hall–Kier alpha value is -1.52. The summed E-state index contributed by atoms with van der Waals surface area (Å²) in [5.41, 5.74) is 6.04. The van der Waals surface area contributed by atoms with Crippen molar-refractivity contribution in [3.8, 4) is 0 Å². The van der Waals surface area contributed by atoms with Gasteiger partial charge in [-0.3, -0.25) is 15.6 Å². The van der Waals surface area contributed by atoms with E-state index in [1.54, 1.807) is 9.21 Å². The zero-order chi connectivity index (χ0) is 19.9. The summed E-state index contributed by atoms with van der Waals surface area (Å²) in [6.45, 7) is 5.55. The van der Waals surface area contributed by atoms with Crippen molar-refractivity contribution in [3.63, 3.8) is 0 Å². The van der Waals surface area contributed by atoms with Gasteiger partial charge in [0.25, 0.3) is 5.91 Å². The van der Waals surface area contributed by atoms with E-state index < -0.39 is 15.3 Å². The van der Waals surface area contributed by atoms with Gasteiger partial charge in [-0.2, -0.15) is 4.31 Å². The second-order valence-electron chi connectivity index (χ2n) is 7.57. The monoisotopic (exact) mass is 422 g/mol. The molecule has 2 fully saturated rings. The van der Waals surface area contributed by atoms with E-state index in [0.29, 0.717) is 37.5 Å². The van der Waals surface area contributed by atoms with Crippen molar-refractivity contribution >= 4 is 37.4 Å². The third-order valence-corrected chi connectivity index (χ3v) is 9.30. The Kier molecular flexibility index (Phi) is 5.45. The van der Waals surface area contributed by atoms with Crippen molar-refractivity contribution in [3.05, 3.63) is 35.2 Å². The van der Waals surface area contributed by atoms with E-state index in [1.807, 2.05) is 44.2 Å². The molecular weight excluding hydrogens is 396 g/mol. The molecule has 2 N–H and O–H groups in total. The number of sulfonamides is 1. The Morgan fingerprint density at radius 1 is 1.07 bits per heavy atom. The van der Waals surface area contributed by atoms with Crippen LogP contribution in [0.5, 0.6) is 0 Å². The first-order chi connectivity index (χ1) is 13.4. The van der Waals surface area contributed by atoms with Crippen molar-refractivity contribution in [1.82, 2.24) is 20.1 Å². The van der Waals surface area contributed by atoms with Crippen LogP contribution in [-0.2, 0) is 10.0 Å². The molecule has 1 aromatic carbocycles. The van der Waals surface area contributed by atoms with Gasteiger partial charge in [-0.05, 0) is 37.8 Å². The molecule has 0 bridgehead atoms. The molecule has 7 nitrogen and oxygen atoms in total. The third-order valence-electron chi connectivity index (χ3n) is 5.61. The van der Waals surface area contributed by atoms with E-state index in [4.69, 9.17) is 0 Å².